The molecule has 2 heteroatoms. The van der Waals surface area contributed by atoms with Gasteiger partial charge in [0.1, 0.15) is 22.3 Å². The average molecular weight is 1580 g/mol. The molecule has 0 saturated carbocycles. The molecule has 2 heterocycles. The maximum Gasteiger partial charge on any atom is 0.143 e. The summed E-state index contributed by atoms with van der Waals surface area (Å²) in [4.78, 5) is 0. The summed E-state index contributed by atoms with van der Waals surface area (Å²) >= 11 is 0. The van der Waals surface area contributed by atoms with Crippen LogP contribution in [0.2, 0.25) is 0 Å². The second-order valence-electron chi connectivity index (χ2n) is 35.0. The second-order valence-corrected chi connectivity index (χ2v) is 35.0. The van der Waals surface area contributed by atoms with Crippen LogP contribution >= 0.6 is 0 Å². The summed E-state index contributed by atoms with van der Waals surface area (Å²) < 4.78 is 12.6. The van der Waals surface area contributed by atoms with Crippen LogP contribution in [0.5, 0.6) is 0 Å². The van der Waals surface area contributed by atoms with Gasteiger partial charge in [-0.2, -0.15) is 0 Å². The summed E-state index contributed by atoms with van der Waals surface area (Å²) in [6, 6.07) is 152. The number of rotatable bonds is 8. The highest BCUT2D eigenvalue weighted by atomic mass is 16.3. The smallest absolute Gasteiger partial charge is 0.143 e. The molecule has 2 aliphatic rings. The average Bonchev–Trinajstić information content (AvgIpc) is 1.54. The van der Waals surface area contributed by atoms with E-state index >= 15 is 0 Å². The van der Waals surface area contributed by atoms with E-state index in [-0.39, 0.29) is 10.8 Å². The lowest BCUT2D eigenvalue weighted by atomic mass is 9.79. The fraction of sp³-hybridized carbons (Fsp3) is 0.0492. The molecule has 0 radical (unpaired) electrons. The molecular weight excluding hydrogens is 1500 g/mol. The molecule has 24 aromatic rings. The molecule has 0 amide bonds. The van der Waals surface area contributed by atoms with Gasteiger partial charge in [-0.05, 0) is 257 Å². The SMILES string of the molecule is CC1(C)c2ccc(-c3ccc(-c4c5ccccc5c(-c5ccc(-c6cccc7c6oc6ccccc67)cc5)c5ccccc45)cc3)cc2-c2c1c1ccccc1c1ccccc21.CC1(C)c2ccc(-c3ccc(-c4c5ccccc5c(-c5cccc(-c6ccc7oc8ccccc8c7c6)c5)c5ccccc45)cc3)cc2-c2c1c1ccccc1c1ccccc21. The highest BCUT2D eigenvalue weighted by Gasteiger charge is 2.41. The minimum absolute atomic E-state index is 0.114. The van der Waals surface area contributed by atoms with E-state index < -0.39 is 0 Å². The van der Waals surface area contributed by atoms with E-state index in [2.05, 4.69) is 416 Å². The third-order valence-electron chi connectivity index (χ3n) is 27.7. The van der Waals surface area contributed by atoms with E-state index in [0.29, 0.717) is 0 Å². The minimum Gasteiger partial charge on any atom is -0.456 e. The van der Waals surface area contributed by atoms with Crippen LogP contribution in [0.4, 0.5) is 0 Å². The number of para-hydroxylation sites is 3. The van der Waals surface area contributed by atoms with Gasteiger partial charge in [-0.15, -0.1) is 0 Å². The van der Waals surface area contributed by atoms with Gasteiger partial charge in [-0.25, -0.2) is 0 Å². The Balaban J connectivity index is 0.000000136. The van der Waals surface area contributed by atoms with Crippen LogP contribution in [-0.2, 0) is 10.8 Å². The summed E-state index contributed by atoms with van der Waals surface area (Å²) in [5.74, 6) is 0. The molecule has 2 nitrogen and oxygen atoms in total. The van der Waals surface area contributed by atoms with E-state index in [0.717, 1.165) is 55.0 Å². The van der Waals surface area contributed by atoms with Crippen LogP contribution < -0.4 is 0 Å². The summed E-state index contributed by atoms with van der Waals surface area (Å²) in [5, 5.41) is 25.2. The third-order valence-corrected chi connectivity index (χ3v) is 27.7. The molecule has 22 aromatic carbocycles. The zero-order valence-electron chi connectivity index (χ0n) is 69.1. The zero-order valence-corrected chi connectivity index (χ0v) is 69.1. The molecule has 0 fully saturated rings. The van der Waals surface area contributed by atoms with Crippen LogP contribution in [0.25, 0.3) is 241 Å². The van der Waals surface area contributed by atoms with Gasteiger partial charge in [-0.3, -0.25) is 0 Å². The molecule has 0 unspecified atom stereocenters. The molecule has 0 aliphatic heterocycles. The van der Waals surface area contributed by atoms with Crippen LogP contribution in [0.1, 0.15) is 49.9 Å². The molecule has 0 saturated heterocycles. The van der Waals surface area contributed by atoms with E-state index in [1.54, 1.807) is 0 Å². The molecule has 2 aromatic heterocycles. The minimum atomic E-state index is -0.115. The van der Waals surface area contributed by atoms with Gasteiger partial charge in [0.25, 0.3) is 0 Å². The van der Waals surface area contributed by atoms with E-state index in [1.165, 1.54) is 209 Å². The molecule has 0 bridgehead atoms. The maximum atomic E-state index is 6.42. The zero-order chi connectivity index (χ0) is 82.2. The van der Waals surface area contributed by atoms with Crippen molar-refractivity contribution in [2.45, 2.75) is 38.5 Å². The normalized spacial score (nSPS) is 13.1. The fourth-order valence-corrected chi connectivity index (χ4v) is 22.1. The molecule has 0 N–H and O–H groups in total. The molecule has 26 rings (SSSR count). The van der Waals surface area contributed by atoms with Gasteiger partial charge < -0.3 is 8.83 Å². The van der Waals surface area contributed by atoms with Gasteiger partial charge >= 0.3 is 0 Å². The summed E-state index contributed by atoms with van der Waals surface area (Å²) in [7, 11) is 0. The number of benzene rings is 22. The Morgan fingerprint density at radius 2 is 0.427 bits per heavy atom. The van der Waals surface area contributed by atoms with Crippen molar-refractivity contribution in [2.75, 3.05) is 0 Å². The predicted octanol–water partition coefficient (Wildman–Crippen LogP) is 34.3. The fourth-order valence-electron chi connectivity index (χ4n) is 22.1. The van der Waals surface area contributed by atoms with E-state index in [4.69, 9.17) is 8.83 Å². The van der Waals surface area contributed by atoms with Crippen molar-refractivity contribution in [3.8, 4) is 111 Å². The molecule has 0 atom stereocenters. The number of furan rings is 2. The lowest BCUT2D eigenvalue weighted by Crippen LogP contribution is -2.15. The highest BCUT2D eigenvalue weighted by Crippen LogP contribution is 2.58. The molecule has 580 valence electrons. The lowest BCUT2D eigenvalue weighted by Gasteiger charge is -2.24. The second kappa shape index (κ2) is 27.5. The first-order chi connectivity index (χ1) is 61.0. The van der Waals surface area contributed by atoms with Gasteiger partial charge in [0.15, 0.2) is 0 Å². The Morgan fingerprint density at radius 3 is 0.855 bits per heavy atom. The first-order valence-electron chi connectivity index (χ1n) is 43.3. The lowest BCUT2D eigenvalue weighted by molar-refractivity contribution is 0.666. The van der Waals surface area contributed by atoms with Crippen molar-refractivity contribution in [1.29, 1.82) is 0 Å². The van der Waals surface area contributed by atoms with E-state index in [1.807, 2.05) is 24.3 Å². The maximum absolute atomic E-state index is 6.42. The quantitative estimate of drug-likeness (QED) is 0.112. The number of fused-ring (bicyclic) bond motifs is 26. The standard InChI is InChI=1S/2C61H40O/c1-61(2)54-32-30-40(36-53(54)59-46-19-5-3-16-43(46)44-17-4-10-24-51(44)60(59)61)37-26-28-38(29-27-37)57-47-20-6-8-22-49(47)58(50-23-9-7-21-48(50)57)42-15-13-14-39(34-42)41-31-33-56-52(35-41)45-18-11-12-25-55(45)62-56;1-61(2)54-35-34-41(36-53(54)58-46-17-5-3-14-43(46)44-15-4-10-22-51(44)59(58)61)37-26-30-39(31-27-37)56-47-18-6-8-20-49(47)57(50-21-9-7-19-48(50)56)40-32-28-38(29-33-40)42-23-13-24-52-45-16-11-12-25-55(45)62-60(42)52/h2*3-36H,1-2H3. The predicted molar refractivity (Wildman–Crippen MR) is 526 cm³/mol. The van der Waals surface area contributed by atoms with Crippen molar-refractivity contribution < 1.29 is 8.83 Å². The largest absolute Gasteiger partial charge is 0.456 e. The molecule has 124 heavy (non-hydrogen) atoms. The summed E-state index contributed by atoms with van der Waals surface area (Å²) in [6.07, 6.45) is 0. The van der Waals surface area contributed by atoms with Crippen LogP contribution in [0.3, 0.4) is 0 Å². The number of hydrogen-bond donors (Lipinski definition) is 0. The Morgan fingerprint density at radius 1 is 0.153 bits per heavy atom. The summed E-state index contributed by atoms with van der Waals surface area (Å²) in [5.41, 5.74) is 34.0. The molecule has 2 aliphatic carbocycles. The van der Waals surface area contributed by atoms with Crippen molar-refractivity contribution in [3.63, 3.8) is 0 Å². The summed E-state index contributed by atoms with van der Waals surface area (Å²) in [6.45, 7) is 9.58. The Labute approximate surface area is 718 Å². The van der Waals surface area contributed by atoms with Crippen LogP contribution in [0, 0.1) is 0 Å². The van der Waals surface area contributed by atoms with E-state index in [9.17, 15) is 0 Å². The Bertz CT molecular complexity index is 8530. The van der Waals surface area contributed by atoms with Crippen molar-refractivity contribution in [3.05, 3.63) is 435 Å². The monoisotopic (exact) mass is 1580 g/mol. The van der Waals surface area contributed by atoms with Crippen LogP contribution in [-0.4, -0.2) is 0 Å². The first kappa shape index (κ1) is 71.4. The number of hydrogen-bond acceptors (Lipinski definition) is 2. The van der Waals surface area contributed by atoms with Gasteiger partial charge in [0.05, 0.1) is 0 Å². The van der Waals surface area contributed by atoms with Crippen molar-refractivity contribution in [2.24, 2.45) is 0 Å². The van der Waals surface area contributed by atoms with Gasteiger partial charge in [0.2, 0.25) is 0 Å². The third kappa shape index (κ3) is 10.8. The highest BCUT2D eigenvalue weighted by molar-refractivity contribution is 6.25. The first-order valence-corrected chi connectivity index (χ1v) is 43.3. The van der Waals surface area contributed by atoms with Crippen molar-refractivity contribution >= 4 is 130 Å². The Hall–Kier alpha value is -15.5. The van der Waals surface area contributed by atoms with Gasteiger partial charge in [-0.1, -0.05) is 398 Å². The molecule has 0 spiro atoms. The molecular formula is C122H80O2. The topological polar surface area (TPSA) is 26.3 Å². The van der Waals surface area contributed by atoms with Gasteiger partial charge in [0, 0.05) is 37.9 Å². The van der Waals surface area contributed by atoms with Crippen LogP contribution in [0.15, 0.2) is 421 Å². The van der Waals surface area contributed by atoms with Crippen molar-refractivity contribution in [1.82, 2.24) is 0 Å². The Kier molecular flexibility index (Phi) is 15.9.